The fourth-order valence-corrected chi connectivity index (χ4v) is 9.14. The molecule has 0 aromatic heterocycles. The molecular formula is C25H34OSi2. The van der Waals surface area contributed by atoms with Gasteiger partial charge >= 0.3 is 0 Å². The number of fused-ring (bicyclic) bond motifs is 1. The third kappa shape index (κ3) is 4.26. The van der Waals surface area contributed by atoms with E-state index in [4.69, 9.17) is 4.74 Å². The van der Waals surface area contributed by atoms with Crippen LogP contribution in [0.15, 0.2) is 55.1 Å². The van der Waals surface area contributed by atoms with Crippen molar-refractivity contribution >= 4 is 27.4 Å². The molecule has 0 amide bonds. The van der Waals surface area contributed by atoms with Crippen LogP contribution in [0.4, 0.5) is 0 Å². The van der Waals surface area contributed by atoms with Gasteiger partial charge in [-0.1, -0.05) is 99.5 Å². The maximum atomic E-state index is 6.30. The lowest BCUT2D eigenvalue weighted by molar-refractivity contribution is 0.363. The fraction of sp³-hybridized carbons (Fsp3) is 0.360. The van der Waals surface area contributed by atoms with Crippen molar-refractivity contribution < 1.29 is 4.74 Å². The Labute approximate surface area is 173 Å². The Balaban J connectivity index is 2.02. The molecule has 3 heteroatoms. The van der Waals surface area contributed by atoms with Crippen molar-refractivity contribution in [1.29, 1.82) is 0 Å². The summed E-state index contributed by atoms with van der Waals surface area (Å²) in [5, 5.41) is 1.44. The van der Waals surface area contributed by atoms with Crippen molar-refractivity contribution in [3.8, 4) is 5.75 Å². The van der Waals surface area contributed by atoms with Gasteiger partial charge in [-0.3, -0.25) is 0 Å². The monoisotopic (exact) mass is 406 g/mol. The minimum atomic E-state index is -1.62. The highest BCUT2D eigenvalue weighted by molar-refractivity contribution is 6.89. The summed E-state index contributed by atoms with van der Waals surface area (Å²) >= 11 is 0. The normalized spacial score (nSPS) is 16.1. The summed E-state index contributed by atoms with van der Waals surface area (Å²) in [4.78, 5) is 0. The Morgan fingerprint density at radius 2 is 1.79 bits per heavy atom. The second-order valence-corrected chi connectivity index (χ2v) is 19.8. The Morgan fingerprint density at radius 1 is 1.07 bits per heavy atom. The SMILES string of the molecule is C=CCOc1c(C[Si](C)(C)C2C=Cc3ccccc32)cc(C)cc1[Si](C)(C)C. The molecule has 28 heavy (non-hydrogen) atoms. The molecule has 0 aliphatic heterocycles. The average Bonchev–Trinajstić information content (AvgIpc) is 3.04. The third-order valence-electron chi connectivity index (χ3n) is 5.75. The van der Waals surface area contributed by atoms with Crippen LogP contribution >= 0.6 is 0 Å². The van der Waals surface area contributed by atoms with Gasteiger partial charge in [0.25, 0.3) is 0 Å². The summed E-state index contributed by atoms with van der Waals surface area (Å²) in [6, 6.07) is 14.7. The second-order valence-electron chi connectivity index (χ2n) is 9.78. The van der Waals surface area contributed by atoms with E-state index in [-0.39, 0.29) is 0 Å². The first kappa shape index (κ1) is 20.9. The number of hydrogen-bond acceptors (Lipinski definition) is 1. The molecule has 3 rings (SSSR count). The Morgan fingerprint density at radius 3 is 2.46 bits per heavy atom. The van der Waals surface area contributed by atoms with Gasteiger partial charge < -0.3 is 4.74 Å². The predicted molar refractivity (Wildman–Crippen MR) is 129 cm³/mol. The number of rotatable bonds is 7. The molecule has 1 unspecified atom stereocenters. The maximum absolute atomic E-state index is 6.30. The van der Waals surface area contributed by atoms with Crippen molar-refractivity contribution in [1.82, 2.24) is 0 Å². The van der Waals surface area contributed by atoms with E-state index in [2.05, 4.69) is 94.8 Å². The van der Waals surface area contributed by atoms with E-state index in [0.29, 0.717) is 12.1 Å². The molecule has 1 aliphatic rings. The van der Waals surface area contributed by atoms with Gasteiger partial charge in [-0.25, -0.2) is 0 Å². The molecule has 0 heterocycles. The van der Waals surface area contributed by atoms with Crippen molar-refractivity contribution in [3.05, 3.63) is 77.4 Å². The van der Waals surface area contributed by atoms with Gasteiger partial charge in [0.05, 0.1) is 16.1 Å². The summed E-state index contributed by atoms with van der Waals surface area (Å²) in [6.07, 6.45) is 6.61. The van der Waals surface area contributed by atoms with E-state index in [1.54, 1.807) is 0 Å². The van der Waals surface area contributed by atoms with E-state index in [9.17, 15) is 0 Å². The van der Waals surface area contributed by atoms with Crippen LogP contribution in [-0.2, 0) is 6.04 Å². The predicted octanol–water partition coefficient (Wildman–Crippen LogP) is 6.24. The molecular weight excluding hydrogens is 372 g/mol. The van der Waals surface area contributed by atoms with Crippen LogP contribution in [0.25, 0.3) is 6.08 Å². The van der Waals surface area contributed by atoms with Gasteiger partial charge in [0.15, 0.2) is 0 Å². The van der Waals surface area contributed by atoms with Crippen molar-refractivity contribution in [2.24, 2.45) is 0 Å². The van der Waals surface area contributed by atoms with Gasteiger partial charge in [-0.2, -0.15) is 0 Å². The number of ether oxygens (including phenoxy) is 1. The minimum absolute atomic E-state index is 0.562. The quantitative estimate of drug-likeness (QED) is 0.390. The lowest BCUT2D eigenvalue weighted by atomic mass is 10.1. The lowest BCUT2D eigenvalue weighted by Crippen LogP contribution is -2.41. The van der Waals surface area contributed by atoms with Crippen LogP contribution < -0.4 is 9.92 Å². The molecule has 0 fully saturated rings. The number of aryl methyl sites for hydroxylation is 1. The molecule has 0 spiro atoms. The van der Waals surface area contributed by atoms with Crippen LogP contribution in [0, 0.1) is 6.92 Å². The zero-order valence-electron chi connectivity index (χ0n) is 18.3. The summed E-state index contributed by atoms with van der Waals surface area (Å²) in [7, 11) is -3.13. The maximum Gasteiger partial charge on any atom is 0.121 e. The number of hydrogen-bond donors (Lipinski definition) is 0. The molecule has 1 nitrogen and oxygen atoms in total. The van der Waals surface area contributed by atoms with E-state index in [1.165, 1.54) is 27.4 Å². The molecule has 1 atom stereocenters. The van der Waals surface area contributed by atoms with Crippen LogP contribution in [0.3, 0.4) is 0 Å². The molecule has 1 aliphatic carbocycles. The molecule has 2 aromatic rings. The third-order valence-corrected chi connectivity index (χ3v) is 11.2. The second kappa shape index (κ2) is 7.88. The van der Waals surface area contributed by atoms with Gasteiger partial charge in [0.2, 0.25) is 0 Å². The van der Waals surface area contributed by atoms with E-state index in [0.717, 1.165) is 11.8 Å². The zero-order chi connectivity index (χ0) is 20.5. The van der Waals surface area contributed by atoms with Gasteiger partial charge in [0, 0.05) is 0 Å². The topological polar surface area (TPSA) is 9.23 Å². The van der Waals surface area contributed by atoms with Crippen LogP contribution in [0.5, 0.6) is 5.75 Å². The summed E-state index contributed by atoms with van der Waals surface area (Å²) in [5.41, 5.74) is 6.21. The van der Waals surface area contributed by atoms with Gasteiger partial charge in [-0.15, -0.1) is 0 Å². The number of benzene rings is 2. The average molecular weight is 407 g/mol. The molecule has 2 aromatic carbocycles. The first-order valence-corrected chi connectivity index (χ1v) is 17.1. The summed E-state index contributed by atoms with van der Waals surface area (Å²) in [6.45, 7) is 18.9. The van der Waals surface area contributed by atoms with Crippen molar-refractivity contribution in [2.75, 3.05) is 6.61 Å². The molecule has 0 bridgehead atoms. The van der Waals surface area contributed by atoms with Crippen LogP contribution in [-0.4, -0.2) is 22.8 Å². The highest BCUT2D eigenvalue weighted by atomic mass is 28.3. The highest BCUT2D eigenvalue weighted by Gasteiger charge is 2.36. The Kier molecular flexibility index (Phi) is 5.88. The van der Waals surface area contributed by atoms with Crippen molar-refractivity contribution in [3.63, 3.8) is 0 Å². The molecule has 0 saturated heterocycles. The zero-order valence-corrected chi connectivity index (χ0v) is 20.3. The first-order valence-electron chi connectivity index (χ1n) is 10.3. The fourth-order valence-electron chi connectivity index (χ4n) is 4.38. The lowest BCUT2D eigenvalue weighted by Gasteiger charge is -2.32. The highest BCUT2D eigenvalue weighted by Crippen LogP contribution is 2.39. The van der Waals surface area contributed by atoms with E-state index >= 15 is 0 Å². The molecule has 0 radical (unpaired) electrons. The van der Waals surface area contributed by atoms with E-state index < -0.39 is 16.1 Å². The van der Waals surface area contributed by atoms with E-state index in [1.807, 2.05) is 6.08 Å². The molecule has 0 saturated carbocycles. The van der Waals surface area contributed by atoms with Crippen LogP contribution in [0.1, 0.15) is 27.8 Å². The standard InChI is InChI=1S/C25H34OSi2/c1-8-15-26-25-21(16-19(2)17-24(25)27(3,4)5)18-28(6,7)23-14-13-20-11-9-10-12-22(20)23/h8-14,16-17,23H,1,15,18H2,2-7H3. The van der Waals surface area contributed by atoms with Crippen LogP contribution in [0.2, 0.25) is 32.7 Å². The summed E-state index contributed by atoms with van der Waals surface area (Å²) in [5.74, 6) is 1.14. The first-order chi connectivity index (χ1) is 13.1. The Bertz CT molecular complexity index is 903. The summed E-state index contributed by atoms with van der Waals surface area (Å²) < 4.78 is 6.30. The number of allylic oxidation sites excluding steroid dienone is 1. The van der Waals surface area contributed by atoms with Gasteiger partial charge in [-0.05, 0) is 40.4 Å². The molecule has 148 valence electrons. The van der Waals surface area contributed by atoms with Gasteiger partial charge in [0.1, 0.15) is 12.4 Å². The minimum Gasteiger partial charge on any atom is -0.489 e. The Hall–Kier alpha value is -1.85. The largest absolute Gasteiger partial charge is 0.489 e. The smallest absolute Gasteiger partial charge is 0.121 e. The molecule has 0 N–H and O–H groups in total. The van der Waals surface area contributed by atoms with Crippen molar-refractivity contribution in [2.45, 2.75) is 51.2 Å².